The molecule has 0 amide bonds. The predicted octanol–water partition coefficient (Wildman–Crippen LogP) is 7.29. The molecule has 0 aliphatic heterocycles. The Balaban J connectivity index is 1.68. The molecule has 0 saturated carbocycles. The number of allylic oxidation sites excluding steroid dienone is 1. The Bertz CT molecular complexity index is 982. The maximum atomic E-state index is 12.0. The van der Waals surface area contributed by atoms with Gasteiger partial charge in [-0.15, -0.1) is 11.8 Å². The molecule has 3 nitrogen and oxygen atoms in total. The summed E-state index contributed by atoms with van der Waals surface area (Å²) in [7, 11) is -1.24. The number of carbonyl (C=O) groups is 1. The minimum Gasteiger partial charge on any atom is -0.466 e. The molecule has 3 aromatic carbocycles. The lowest BCUT2D eigenvalue weighted by molar-refractivity contribution is -0.144. The van der Waals surface area contributed by atoms with Gasteiger partial charge in [-0.25, -0.2) is 0 Å². The van der Waals surface area contributed by atoms with Gasteiger partial charge >= 0.3 is 5.97 Å². The summed E-state index contributed by atoms with van der Waals surface area (Å²) in [5.41, 5.74) is 3.70. The zero-order valence-corrected chi connectivity index (χ0v) is 23.4. The van der Waals surface area contributed by atoms with Crippen LogP contribution in [0, 0.1) is 0 Å². The molecule has 3 aromatic rings. The molecule has 1 N–H and O–H groups in total. The maximum Gasteiger partial charge on any atom is 0.308 e. The van der Waals surface area contributed by atoms with Gasteiger partial charge in [0.05, 0.1) is 23.9 Å². The quantitative estimate of drug-likeness (QED) is 0.0848. The molecular weight excluding hydrogens is 480 g/mol. The zero-order valence-electron chi connectivity index (χ0n) is 21.6. The van der Waals surface area contributed by atoms with Gasteiger partial charge in [-0.1, -0.05) is 123 Å². The average molecular weight is 519 g/mol. The fraction of sp³-hybridized carbons (Fsp3) is 0.323. The molecule has 0 radical (unpaired) electrons. The van der Waals surface area contributed by atoms with Gasteiger partial charge in [0, 0.05) is 8.07 Å². The highest BCUT2D eigenvalue weighted by Crippen LogP contribution is 2.48. The summed E-state index contributed by atoms with van der Waals surface area (Å²) < 4.78 is 4.95. The second-order valence-electron chi connectivity index (χ2n) is 10.1. The number of hydrogen-bond donors (Lipinski definition) is 1. The predicted molar refractivity (Wildman–Crippen MR) is 155 cm³/mol. The van der Waals surface area contributed by atoms with Gasteiger partial charge in [0.2, 0.25) is 0 Å². The third kappa shape index (κ3) is 8.22. The number of carbonyl (C=O) groups excluding carboxylic acids is 1. The van der Waals surface area contributed by atoms with Crippen LogP contribution in [-0.2, 0) is 14.3 Å². The molecule has 5 heteroatoms. The molecule has 0 spiro atoms. The molecule has 0 saturated heterocycles. The Labute approximate surface area is 221 Å². The Morgan fingerprint density at radius 2 is 1.36 bits per heavy atom. The highest BCUT2D eigenvalue weighted by atomic mass is 32.2. The molecule has 0 aliphatic rings. The van der Waals surface area contributed by atoms with Crippen molar-refractivity contribution in [3.63, 3.8) is 0 Å². The van der Waals surface area contributed by atoms with Gasteiger partial charge in [-0.05, 0) is 34.9 Å². The SMILES string of the molecule is C[Si](C)(C)CCOC(=O)CC(O)C=CCCSC(c1ccccc1)(c1ccccc1)c1ccccc1. The lowest BCUT2D eigenvalue weighted by atomic mass is 9.84. The van der Waals surface area contributed by atoms with E-state index in [9.17, 15) is 9.90 Å². The number of ether oxygens (including phenoxy) is 1. The standard InChI is InChI=1S/C31H38O3SSi/c1-36(2,3)24-22-34-30(33)25-29(32)21-13-14-23-35-31(26-15-7-4-8-16-26,27-17-9-5-10-18-27)28-19-11-6-12-20-28/h4-13,15-21,29,32H,14,22-25H2,1-3H3. The lowest BCUT2D eigenvalue weighted by Crippen LogP contribution is -2.26. The second kappa shape index (κ2) is 13.6. The number of rotatable bonds is 13. The van der Waals surface area contributed by atoms with Crippen LogP contribution in [0.4, 0.5) is 0 Å². The van der Waals surface area contributed by atoms with Crippen LogP contribution in [0.3, 0.4) is 0 Å². The number of thioether (sulfide) groups is 1. The van der Waals surface area contributed by atoms with Crippen molar-refractivity contribution in [2.24, 2.45) is 0 Å². The maximum absolute atomic E-state index is 12.0. The van der Waals surface area contributed by atoms with E-state index in [1.807, 2.05) is 17.8 Å². The zero-order chi connectivity index (χ0) is 25.9. The normalized spacial score (nSPS) is 13.0. The monoisotopic (exact) mass is 518 g/mol. The first-order chi connectivity index (χ1) is 17.3. The third-order valence-electron chi connectivity index (χ3n) is 5.99. The molecule has 190 valence electrons. The highest BCUT2D eigenvalue weighted by Gasteiger charge is 2.36. The molecule has 3 rings (SSSR count). The summed E-state index contributed by atoms with van der Waals surface area (Å²) in [5, 5.41) is 10.3. The number of esters is 1. The average Bonchev–Trinajstić information content (AvgIpc) is 2.87. The van der Waals surface area contributed by atoms with E-state index in [1.54, 1.807) is 6.08 Å². The third-order valence-corrected chi connectivity index (χ3v) is 9.28. The van der Waals surface area contributed by atoms with Crippen LogP contribution in [0.2, 0.25) is 25.7 Å². The van der Waals surface area contributed by atoms with E-state index in [2.05, 4.69) is 111 Å². The molecule has 1 atom stereocenters. The summed E-state index contributed by atoms with van der Waals surface area (Å²) in [6, 6.07) is 32.8. The Kier molecular flexibility index (Phi) is 10.6. The first-order valence-corrected chi connectivity index (χ1v) is 17.3. The van der Waals surface area contributed by atoms with E-state index in [1.165, 1.54) is 16.7 Å². The van der Waals surface area contributed by atoms with Crippen molar-refractivity contribution in [1.29, 1.82) is 0 Å². The fourth-order valence-corrected chi connectivity index (χ4v) is 6.25. The van der Waals surface area contributed by atoms with Crippen molar-refractivity contribution in [2.75, 3.05) is 12.4 Å². The van der Waals surface area contributed by atoms with Crippen LogP contribution in [-0.4, -0.2) is 37.6 Å². The van der Waals surface area contributed by atoms with E-state index in [0.717, 1.165) is 18.2 Å². The van der Waals surface area contributed by atoms with Crippen molar-refractivity contribution in [3.05, 3.63) is 120 Å². The van der Waals surface area contributed by atoms with Gasteiger partial charge < -0.3 is 9.84 Å². The molecular formula is C31H38O3SSi. The van der Waals surface area contributed by atoms with E-state index in [-0.39, 0.29) is 17.1 Å². The second-order valence-corrected chi connectivity index (χ2v) is 17.1. The Morgan fingerprint density at radius 3 is 1.81 bits per heavy atom. The Morgan fingerprint density at radius 1 is 0.889 bits per heavy atom. The Hall–Kier alpha value is -2.60. The van der Waals surface area contributed by atoms with Gasteiger partial charge in [0.25, 0.3) is 0 Å². The van der Waals surface area contributed by atoms with Crippen LogP contribution >= 0.6 is 11.8 Å². The molecule has 36 heavy (non-hydrogen) atoms. The number of hydrogen-bond acceptors (Lipinski definition) is 4. The first-order valence-electron chi connectivity index (χ1n) is 12.6. The van der Waals surface area contributed by atoms with Gasteiger partial charge in [0.15, 0.2) is 0 Å². The van der Waals surface area contributed by atoms with Crippen molar-refractivity contribution in [3.8, 4) is 0 Å². The van der Waals surface area contributed by atoms with Gasteiger partial charge in [0.1, 0.15) is 0 Å². The molecule has 0 fully saturated rings. The summed E-state index contributed by atoms with van der Waals surface area (Å²) in [5.74, 6) is 0.513. The van der Waals surface area contributed by atoms with Crippen LogP contribution < -0.4 is 0 Å². The van der Waals surface area contributed by atoms with Crippen LogP contribution in [0.25, 0.3) is 0 Å². The number of aliphatic hydroxyl groups is 1. The highest BCUT2D eigenvalue weighted by molar-refractivity contribution is 8.00. The smallest absolute Gasteiger partial charge is 0.308 e. The number of aliphatic hydroxyl groups excluding tert-OH is 1. The number of benzene rings is 3. The summed E-state index contributed by atoms with van der Waals surface area (Å²) >= 11 is 1.89. The van der Waals surface area contributed by atoms with Crippen molar-refractivity contribution < 1.29 is 14.6 Å². The van der Waals surface area contributed by atoms with Crippen molar-refractivity contribution >= 4 is 25.8 Å². The minimum atomic E-state index is -1.24. The van der Waals surface area contributed by atoms with Crippen molar-refractivity contribution in [2.45, 2.75) is 49.4 Å². The van der Waals surface area contributed by atoms with Crippen LogP contribution in [0.5, 0.6) is 0 Å². The van der Waals surface area contributed by atoms with E-state index < -0.39 is 14.2 Å². The van der Waals surface area contributed by atoms with Crippen molar-refractivity contribution in [1.82, 2.24) is 0 Å². The molecule has 0 aromatic heterocycles. The van der Waals surface area contributed by atoms with Crippen LogP contribution in [0.1, 0.15) is 29.5 Å². The van der Waals surface area contributed by atoms with Gasteiger partial charge in [-0.2, -0.15) is 0 Å². The lowest BCUT2D eigenvalue weighted by Gasteiger charge is -2.35. The van der Waals surface area contributed by atoms with Gasteiger partial charge in [-0.3, -0.25) is 4.79 Å². The summed E-state index contributed by atoms with van der Waals surface area (Å²) in [6.07, 6.45) is 3.64. The first kappa shape index (κ1) is 28.0. The molecule has 0 aliphatic carbocycles. The molecule has 1 unspecified atom stereocenters. The molecule has 0 bridgehead atoms. The largest absolute Gasteiger partial charge is 0.466 e. The topological polar surface area (TPSA) is 46.5 Å². The minimum absolute atomic E-state index is 0.00265. The molecule has 0 heterocycles. The summed E-state index contributed by atoms with van der Waals surface area (Å²) in [6.45, 7) is 7.19. The van der Waals surface area contributed by atoms with E-state index >= 15 is 0 Å². The summed E-state index contributed by atoms with van der Waals surface area (Å²) in [4.78, 5) is 12.0. The van der Waals surface area contributed by atoms with Crippen LogP contribution in [0.15, 0.2) is 103 Å². The fourth-order valence-electron chi connectivity index (χ4n) is 4.07. The van der Waals surface area contributed by atoms with E-state index in [4.69, 9.17) is 4.74 Å². The van der Waals surface area contributed by atoms with E-state index in [0.29, 0.717) is 6.61 Å².